The molecule has 0 saturated heterocycles. The first-order chi connectivity index (χ1) is 13.4. The average molecular weight is 407 g/mol. The van der Waals surface area contributed by atoms with Crippen molar-refractivity contribution in [3.63, 3.8) is 0 Å². The van der Waals surface area contributed by atoms with E-state index in [1.165, 1.54) is 13.2 Å². The summed E-state index contributed by atoms with van der Waals surface area (Å²) in [6, 6.07) is 0. The second kappa shape index (κ2) is 7.63. The largest absolute Gasteiger partial charge is 0.507 e. The number of methoxy groups -OCH3 is 1. The van der Waals surface area contributed by atoms with Gasteiger partial charge in [-0.2, -0.15) is 0 Å². The van der Waals surface area contributed by atoms with E-state index in [0.717, 1.165) is 6.08 Å². The van der Waals surface area contributed by atoms with Crippen LogP contribution in [0.25, 0.3) is 5.57 Å². The lowest BCUT2D eigenvalue weighted by molar-refractivity contribution is -0.132. The van der Waals surface area contributed by atoms with Crippen LogP contribution in [0.5, 0.6) is 0 Å². The minimum atomic E-state index is -1.66. The van der Waals surface area contributed by atoms with E-state index in [-0.39, 0.29) is 47.5 Å². The summed E-state index contributed by atoms with van der Waals surface area (Å²) < 4.78 is 16.6. The third-order valence-electron chi connectivity index (χ3n) is 4.54. The van der Waals surface area contributed by atoms with Gasteiger partial charge in [-0.25, -0.2) is 0 Å². The maximum atomic E-state index is 13.2. The molecule has 9 heteroatoms. The molecule has 3 rings (SSSR count). The Bertz CT molecular complexity index is 942. The van der Waals surface area contributed by atoms with E-state index in [1.54, 1.807) is 0 Å². The summed E-state index contributed by atoms with van der Waals surface area (Å²) in [7, 11) is 1.38. The van der Waals surface area contributed by atoms with Crippen LogP contribution in [0.4, 0.5) is 0 Å². The number of ketones is 2. The van der Waals surface area contributed by atoms with E-state index in [2.05, 4.69) is 16.8 Å². The lowest BCUT2D eigenvalue weighted by atomic mass is 9.83. The molecule has 1 atom stereocenters. The van der Waals surface area contributed by atoms with Gasteiger partial charge in [-0.05, 0) is 6.08 Å². The Hall–Kier alpha value is -2.87. The smallest absolute Gasteiger partial charge is 0.247 e. The quantitative estimate of drug-likeness (QED) is 0.436. The summed E-state index contributed by atoms with van der Waals surface area (Å²) in [6.07, 6.45) is 3.12. The van der Waals surface area contributed by atoms with Crippen LogP contribution < -0.4 is 0 Å². The maximum Gasteiger partial charge on any atom is 0.247 e. The highest BCUT2D eigenvalue weighted by atomic mass is 35.5. The molecule has 0 radical (unpaired) electrons. The van der Waals surface area contributed by atoms with Crippen molar-refractivity contribution in [1.29, 1.82) is 0 Å². The Balaban J connectivity index is 1.99. The van der Waals surface area contributed by atoms with Crippen LogP contribution in [0.3, 0.4) is 0 Å². The van der Waals surface area contributed by atoms with E-state index in [4.69, 9.17) is 25.5 Å². The summed E-state index contributed by atoms with van der Waals surface area (Å²) in [5.41, 5.74) is -1.26. The number of aromatic nitrogens is 2. The summed E-state index contributed by atoms with van der Waals surface area (Å²) in [6.45, 7) is 5.74. The third kappa shape index (κ3) is 3.24. The molecule has 1 spiro atoms. The number of carbonyl (C=O) groups excluding carboxylic acids is 2. The second-order valence-corrected chi connectivity index (χ2v) is 6.55. The van der Waals surface area contributed by atoms with Crippen molar-refractivity contribution in [3.8, 4) is 0 Å². The van der Waals surface area contributed by atoms with Gasteiger partial charge in [-0.3, -0.25) is 9.59 Å². The molecule has 1 N–H and O–H groups in total. The van der Waals surface area contributed by atoms with Gasteiger partial charge in [0.2, 0.25) is 23.2 Å². The zero-order valence-corrected chi connectivity index (χ0v) is 16.2. The SMILES string of the molecule is C=C(/C=C(/OC)C1=C(CCl)O[C@]2(CCC(=O)C=C2O)C1=O)c1nnc(CC)o1. The number of alkyl halides is 1. The number of halogens is 1. The molecule has 148 valence electrons. The number of aryl methyl sites for hydroxylation is 1. The normalized spacial score (nSPS) is 22.5. The topological polar surface area (TPSA) is 112 Å². The van der Waals surface area contributed by atoms with Gasteiger partial charge >= 0.3 is 0 Å². The van der Waals surface area contributed by atoms with Crippen molar-refractivity contribution in [2.45, 2.75) is 31.8 Å². The number of Topliss-reactive ketones (excluding diaryl/α,β-unsaturated/α-hetero) is 1. The molecule has 0 saturated carbocycles. The molecule has 0 fully saturated rings. The summed E-state index contributed by atoms with van der Waals surface area (Å²) in [5, 5.41) is 18.1. The van der Waals surface area contributed by atoms with Gasteiger partial charge in [-0.1, -0.05) is 13.5 Å². The van der Waals surface area contributed by atoms with Crippen LogP contribution in [-0.2, 0) is 25.5 Å². The number of aliphatic hydroxyl groups is 1. The zero-order valence-electron chi connectivity index (χ0n) is 15.5. The molecule has 1 aromatic rings. The second-order valence-electron chi connectivity index (χ2n) is 6.28. The average Bonchev–Trinajstić information content (AvgIpc) is 3.27. The van der Waals surface area contributed by atoms with Gasteiger partial charge in [0.25, 0.3) is 0 Å². The highest BCUT2D eigenvalue weighted by Gasteiger charge is 2.55. The molecule has 0 aromatic carbocycles. The van der Waals surface area contributed by atoms with Crippen molar-refractivity contribution in [3.05, 3.63) is 53.4 Å². The van der Waals surface area contributed by atoms with Crippen LogP contribution in [0.15, 0.2) is 46.0 Å². The molecule has 1 aromatic heterocycles. The lowest BCUT2D eigenvalue weighted by Crippen LogP contribution is -2.43. The predicted molar refractivity (Wildman–Crippen MR) is 99.3 cm³/mol. The van der Waals surface area contributed by atoms with E-state index in [1.807, 2.05) is 6.92 Å². The Kier molecular flexibility index (Phi) is 5.42. The molecule has 0 amide bonds. The fourth-order valence-electron chi connectivity index (χ4n) is 3.06. The molecular formula is C19H19ClN2O6. The summed E-state index contributed by atoms with van der Waals surface area (Å²) >= 11 is 5.97. The number of nitrogens with zero attached hydrogens (tertiary/aromatic N) is 2. The number of ether oxygens (including phenoxy) is 2. The number of aliphatic hydroxyl groups excluding tert-OH is 1. The fraction of sp³-hybridized carbons (Fsp3) is 0.368. The van der Waals surface area contributed by atoms with Gasteiger partial charge < -0.3 is 19.0 Å². The molecule has 2 heterocycles. The summed E-state index contributed by atoms with van der Waals surface area (Å²) in [5.74, 6) is -0.478. The number of allylic oxidation sites excluding steroid dienone is 5. The molecule has 28 heavy (non-hydrogen) atoms. The van der Waals surface area contributed by atoms with Crippen LogP contribution >= 0.6 is 11.6 Å². The number of hydrogen-bond acceptors (Lipinski definition) is 8. The van der Waals surface area contributed by atoms with Crippen molar-refractivity contribution in [1.82, 2.24) is 10.2 Å². The molecule has 2 aliphatic rings. The Morgan fingerprint density at radius 2 is 2.21 bits per heavy atom. The lowest BCUT2D eigenvalue weighted by Gasteiger charge is -2.29. The van der Waals surface area contributed by atoms with Crippen LogP contribution in [-0.4, -0.2) is 45.5 Å². The van der Waals surface area contributed by atoms with Crippen LogP contribution in [0.2, 0.25) is 0 Å². The molecule has 8 nitrogen and oxygen atoms in total. The van der Waals surface area contributed by atoms with Gasteiger partial charge in [0.15, 0.2) is 5.78 Å². The Labute approximate surface area is 166 Å². The monoisotopic (exact) mass is 406 g/mol. The van der Waals surface area contributed by atoms with Crippen molar-refractivity contribution >= 4 is 28.7 Å². The predicted octanol–water partition coefficient (Wildman–Crippen LogP) is 2.81. The minimum Gasteiger partial charge on any atom is -0.507 e. The Morgan fingerprint density at radius 3 is 2.79 bits per heavy atom. The van der Waals surface area contributed by atoms with Gasteiger partial charge in [0, 0.05) is 30.9 Å². The van der Waals surface area contributed by atoms with Crippen molar-refractivity contribution in [2.75, 3.05) is 13.0 Å². The summed E-state index contributed by atoms with van der Waals surface area (Å²) in [4.78, 5) is 24.7. The van der Waals surface area contributed by atoms with Crippen LogP contribution in [0, 0.1) is 0 Å². The van der Waals surface area contributed by atoms with E-state index in [0.29, 0.717) is 17.9 Å². The molecular weight excluding hydrogens is 388 g/mol. The first-order valence-electron chi connectivity index (χ1n) is 8.60. The molecule has 1 aliphatic carbocycles. The first kappa shape index (κ1) is 19.9. The van der Waals surface area contributed by atoms with E-state index >= 15 is 0 Å². The number of rotatable bonds is 6. The van der Waals surface area contributed by atoms with Gasteiger partial charge in [-0.15, -0.1) is 21.8 Å². The highest BCUT2D eigenvalue weighted by Crippen LogP contribution is 2.43. The fourth-order valence-corrected chi connectivity index (χ4v) is 3.25. The van der Waals surface area contributed by atoms with Crippen molar-refractivity contribution in [2.24, 2.45) is 0 Å². The standard InChI is InChI=1S/C19H19ClN2O6/c1-4-15-21-22-18(27-15)10(2)7-12(26-3)16-13(9-20)28-19(17(16)25)6-5-11(23)8-14(19)24/h7-8,24H,2,4-6,9H2,1,3H3/b12-7+/t19-/m0/s1. The molecule has 1 aliphatic heterocycles. The number of hydrogen-bond donors (Lipinski definition) is 1. The van der Waals surface area contributed by atoms with E-state index < -0.39 is 17.1 Å². The molecule has 0 unspecified atom stereocenters. The maximum absolute atomic E-state index is 13.2. The highest BCUT2D eigenvalue weighted by molar-refractivity contribution is 6.21. The van der Waals surface area contributed by atoms with Gasteiger partial charge in [0.05, 0.1) is 13.0 Å². The Morgan fingerprint density at radius 1 is 1.46 bits per heavy atom. The van der Waals surface area contributed by atoms with Crippen molar-refractivity contribution < 1.29 is 28.6 Å². The zero-order chi connectivity index (χ0) is 20.5. The van der Waals surface area contributed by atoms with Crippen LogP contribution in [0.1, 0.15) is 31.5 Å². The van der Waals surface area contributed by atoms with E-state index in [9.17, 15) is 14.7 Å². The minimum absolute atomic E-state index is 0.0123. The van der Waals surface area contributed by atoms with Gasteiger partial charge in [0.1, 0.15) is 22.9 Å². The third-order valence-corrected chi connectivity index (χ3v) is 4.78. The first-order valence-corrected chi connectivity index (χ1v) is 9.14. The number of carbonyl (C=O) groups is 2. The molecule has 0 bridgehead atoms.